The molecular weight excluding hydrogens is 224 g/mol. The van der Waals surface area contributed by atoms with E-state index >= 15 is 0 Å². The van der Waals surface area contributed by atoms with Crippen molar-refractivity contribution in [2.45, 2.75) is 49.1 Å². The lowest BCUT2D eigenvalue weighted by Crippen LogP contribution is -2.33. The molecule has 1 aliphatic carbocycles. The van der Waals surface area contributed by atoms with Gasteiger partial charge in [0.25, 0.3) is 0 Å². The van der Waals surface area contributed by atoms with Gasteiger partial charge in [-0.2, -0.15) is 0 Å². The van der Waals surface area contributed by atoms with Gasteiger partial charge in [0.1, 0.15) is 0 Å². The molecule has 1 saturated heterocycles. The van der Waals surface area contributed by atoms with Gasteiger partial charge in [0, 0.05) is 17.7 Å². The van der Waals surface area contributed by atoms with Gasteiger partial charge in [-0.25, -0.2) is 0 Å². The van der Waals surface area contributed by atoms with Crippen LogP contribution in [0.2, 0.25) is 0 Å². The highest BCUT2D eigenvalue weighted by molar-refractivity contribution is 8.01. The molecule has 4 nitrogen and oxygen atoms in total. The average Bonchev–Trinajstić information content (AvgIpc) is 2.97. The van der Waals surface area contributed by atoms with E-state index in [4.69, 9.17) is 5.73 Å². The van der Waals surface area contributed by atoms with Crippen molar-refractivity contribution in [1.82, 2.24) is 4.90 Å². The Morgan fingerprint density at radius 2 is 2.19 bits per heavy atom. The first-order valence-corrected chi connectivity index (χ1v) is 6.79. The molecule has 1 saturated carbocycles. The highest BCUT2D eigenvalue weighted by Crippen LogP contribution is 2.36. The van der Waals surface area contributed by atoms with E-state index in [2.05, 4.69) is 6.92 Å². The Kier molecular flexibility index (Phi) is 3.54. The summed E-state index contributed by atoms with van der Waals surface area (Å²) in [7, 11) is 0. The molecule has 0 aromatic carbocycles. The van der Waals surface area contributed by atoms with Crippen molar-refractivity contribution in [3.8, 4) is 0 Å². The molecule has 2 aliphatic rings. The molecule has 1 heterocycles. The van der Waals surface area contributed by atoms with E-state index in [1.165, 1.54) is 4.90 Å². The zero-order valence-electron chi connectivity index (χ0n) is 9.52. The van der Waals surface area contributed by atoms with Crippen molar-refractivity contribution in [1.29, 1.82) is 0 Å². The van der Waals surface area contributed by atoms with Crippen LogP contribution in [-0.4, -0.2) is 39.8 Å². The van der Waals surface area contributed by atoms with E-state index in [1.54, 1.807) is 11.8 Å². The van der Waals surface area contributed by atoms with Crippen LogP contribution in [0.1, 0.15) is 32.6 Å². The maximum atomic E-state index is 12.0. The maximum absolute atomic E-state index is 12.0. The number of nitrogens with zero attached hydrogens (tertiary/aromatic N) is 1. The first-order chi connectivity index (χ1) is 7.63. The lowest BCUT2D eigenvalue weighted by molar-refractivity contribution is -0.138. The van der Waals surface area contributed by atoms with Crippen LogP contribution in [-0.2, 0) is 9.59 Å². The van der Waals surface area contributed by atoms with Gasteiger partial charge in [0.05, 0.1) is 5.25 Å². The first kappa shape index (κ1) is 11.9. The van der Waals surface area contributed by atoms with Gasteiger partial charge in [-0.1, -0.05) is 6.92 Å². The van der Waals surface area contributed by atoms with Gasteiger partial charge in [-0.3, -0.25) is 14.5 Å². The molecule has 2 atom stereocenters. The van der Waals surface area contributed by atoms with E-state index in [1.807, 2.05) is 0 Å². The lowest BCUT2D eigenvalue weighted by Gasteiger charge is -2.15. The van der Waals surface area contributed by atoms with Crippen molar-refractivity contribution in [3.05, 3.63) is 0 Å². The van der Waals surface area contributed by atoms with Gasteiger partial charge in [0.2, 0.25) is 11.8 Å². The molecule has 0 bridgehead atoms. The van der Waals surface area contributed by atoms with Crippen LogP contribution >= 0.6 is 11.8 Å². The van der Waals surface area contributed by atoms with Crippen LogP contribution in [0, 0.1) is 0 Å². The second kappa shape index (κ2) is 4.75. The predicted molar refractivity (Wildman–Crippen MR) is 64.0 cm³/mol. The summed E-state index contributed by atoms with van der Waals surface area (Å²) in [4.78, 5) is 25.2. The Morgan fingerprint density at radius 3 is 2.75 bits per heavy atom. The normalized spacial score (nSPS) is 27.6. The summed E-state index contributed by atoms with van der Waals surface area (Å²) in [6.45, 7) is 2.70. The van der Waals surface area contributed by atoms with Gasteiger partial charge in [-0.05, 0) is 25.8 Å². The minimum atomic E-state index is -0.158. The molecule has 5 heteroatoms. The zero-order chi connectivity index (χ0) is 11.7. The van der Waals surface area contributed by atoms with E-state index in [-0.39, 0.29) is 23.1 Å². The Balaban J connectivity index is 1.92. The number of rotatable bonds is 5. The Morgan fingerprint density at radius 1 is 1.50 bits per heavy atom. The van der Waals surface area contributed by atoms with Gasteiger partial charge < -0.3 is 5.73 Å². The minimum Gasteiger partial charge on any atom is -0.330 e. The SMILES string of the molecule is CC(CCN)SC1CC(=O)N(C2CC2)C1=O. The van der Waals surface area contributed by atoms with Crippen molar-refractivity contribution in [2.75, 3.05) is 6.54 Å². The standard InChI is InChI=1S/C11H18N2O2S/c1-7(4-5-12)16-9-6-10(14)13(11(9)15)8-2-3-8/h7-9H,2-6,12H2,1H3. The predicted octanol–water partition coefficient (Wildman–Crippen LogP) is 0.747. The molecule has 2 rings (SSSR count). The zero-order valence-corrected chi connectivity index (χ0v) is 10.3. The first-order valence-electron chi connectivity index (χ1n) is 5.85. The highest BCUT2D eigenvalue weighted by Gasteiger charge is 2.46. The van der Waals surface area contributed by atoms with E-state index in [0.29, 0.717) is 18.2 Å². The third-order valence-corrected chi connectivity index (χ3v) is 4.42. The maximum Gasteiger partial charge on any atom is 0.243 e. The van der Waals surface area contributed by atoms with E-state index in [9.17, 15) is 9.59 Å². The van der Waals surface area contributed by atoms with Gasteiger partial charge in [0.15, 0.2) is 0 Å². The molecule has 90 valence electrons. The molecule has 2 amide bonds. The summed E-state index contributed by atoms with van der Waals surface area (Å²) in [5, 5.41) is 0.195. The fourth-order valence-electron chi connectivity index (χ4n) is 2.03. The minimum absolute atomic E-state index is 0.0185. The summed E-state index contributed by atoms with van der Waals surface area (Å²) >= 11 is 1.60. The molecule has 1 aliphatic heterocycles. The molecule has 0 radical (unpaired) electrons. The topological polar surface area (TPSA) is 63.4 Å². The highest BCUT2D eigenvalue weighted by atomic mass is 32.2. The summed E-state index contributed by atoms with van der Waals surface area (Å²) in [6, 6.07) is 0.218. The molecule has 0 aromatic rings. The quantitative estimate of drug-likeness (QED) is 0.723. The second-order valence-corrected chi connectivity index (χ2v) is 6.20. The smallest absolute Gasteiger partial charge is 0.243 e. The molecule has 2 unspecified atom stereocenters. The number of amides is 2. The number of hydrogen-bond donors (Lipinski definition) is 1. The fraction of sp³-hybridized carbons (Fsp3) is 0.818. The number of nitrogens with two attached hydrogens (primary N) is 1. The van der Waals surface area contributed by atoms with Gasteiger partial charge in [-0.15, -0.1) is 11.8 Å². The molecule has 0 aromatic heterocycles. The van der Waals surface area contributed by atoms with Crippen LogP contribution in [0.25, 0.3) is 0 Å². The van der Waals surface area contributed by atoms with Crippen molar-refractivity contribution in [3.63, 3.8) is 0 Å². The molecular formula is C11H18N2O2S. The second-order valence-electron chi connectivity index (χ2n) is 4.55. The number of imide groups is 1. The molecule has 2 fully saturated rings. The van der Waals surface area contributed by atoms with Crippen molar-refractivity contribution < 1.29 is 9.59 Å². The fourth-order valence-corrected chi connectivity index (χ4v) is 3.33. The summed E-state index contributed by atoms with van der Waals surface area (Å²) in [5.74, 6) is 0.0475. The lowest BCUT2D eigenvalue weighted by atomic mass is 10.3. The van der Waals surface area contributed by atoms with Crippen LogP contribution in [0.15, 0.2) is 0 Å². The van der Waals surface area contributed by atoms with Crippen molar-refractivity contribution >= 4 is 23.6 Å². The molecule has 2 N–H and O–H groups in total. The molecule has 0 spiro atoms. The third kappa shape index (κ3) is 2.40. The average molecular weight is 242 g/mol. The number of carbonyl (C=O) groups is 2. The van der Waals surface area contributed by atoms with Crippen molar-refractivity contribution in [2.24, 2.45) is 5.73 Å². The van der Waals surface area contributed by atoms with Gasteiger partial charge >= 0.3 is 0 Å². The number of hydrogen-bond acceptors (Lipinski definition) is 4. The number of likely N-dealkylation sites (tertiary alicyclic amines) is 1. The van der Waals surface area contributed by atoms with E-state index < -0.39 is 0 Å². The molecule has 16 heavy (non-hydrogen) atoms. The Bertz CT molecular complexity index is 304. The monoisotopic (exact) mass is 242 g/mol. The van der Waals surface area contributed by atoms with Crippen LogP contribution in [0.3, 0.4) is 0 Å². The summed E-state index contributed by atoms with van der Waals surface area (Å²) in [5.41, 5.74) is 5.48. The Labute approximate surface area is 99.9 Å². The van der Waals surface area contributed by atoms with Crippen LogP contribution < -0.4 is 5.73 Å². The summed E-state index contributed by atoms with van der Waals surface area (Å²) in [6.07, 6.45) is 3.27. The largest absolute Gasteiger partial charge is 0.330 e. The third-order valence-electron chi connectivity index (χ3n) is 3.02. The number of thioether (sulfide) groups is 1. The number of carbonyl (C=O) groups excluding carboxylic acids is 2. The summed E-state index contributed by atoms with van der Waals surface area (Å²) < 4.78 is 0. The van der Waals surface area contributed by atoms with E-state index in [0.717, 1.165) is 19.3 Å². The van der Waals surface area contributed by atoms with Crippen LogP contribution in [0.4, 0.5) is 0 Å². The van der Waals surface area contributed by atoms with Crippen LogP contribution in [0.5, 0.6) is 0 Å². The Hall–Kier alpha value is -0.550.